The van der Waals surface area contributed by atoms with Gasteiger partial charge in [0, 0.05) is 6.07 Å². The fourth-order valence-electron chi connectivity index (χ4n) is 1.85. The van der Waals surface area contributed by atoms with E-state index < -0.39 is 0 Å². The molecule has 3 heteroatoms. The number of phenolic OH excluding ortho intramolecular Hbond substituents is 2. The first-order chi connectivity index (χ1) is 9.60. The van der Waals surface area contributed by atoms with Crippen LogP contribution in [0.3, 0.4) is 0 Å². The van der Waals surface area contributed by atoms with Crippen LogP contribution >= 0.6 is 0 Å². The van der Waals surface area contributed by atoms with Crippen molar-refractivity contribution in [3.8, 4) is 11.5 Å². The van der Waals surface area contributed by atoms with Crippen molar-refractivity contribution < 1.29 is 15.0 Å². The summed E-state index contributed by atoms with van der Waals surface area (Å²) in [5.41, 5.74) is 2.34. The number of hydrogen-bond donors (Lipinski definition) is 2. The predicted molar refractivity (Wildman–Crippen MR) is 79.0 cm³/mol. The molecule has 102 valence electrons. The van der Waals surface area contributed by atoms with Crippen LogP contribution < -0.4 is 0 Å². The molecular formula is C17H16O3. The third-order valence-electron chi connectivity index (χ3n) is 3.06. The highest BCUT2D eigenvalue weighted by molar-refractivity contribution is 6.08. The Morgan fingerprint density at radius 3 is 2.40 bits per heavy atom. The van der Waals surface area contributed by atoms with Crippen molar-refractivity contribution in [2.45, 2.75) is 13.3 Å². The van der Waals surface area contributed by atoms with Crippen molar-refractivity contribution in [3.63, 3.8) is 0 Å². The lowest BCUT2D eigenvalue weighted by atomic mass is 10.1. The number of rotatable bonds is 4. The molecule has 2 N–H and O–H groups in total. The quantitative estimate of drug-likeness (QED) is 0.658. The minimum Gasteiger partial charge on any atom is -0.508 e. The van der Waals surface area contributed by atoms with Crippen LogP contribution in [0.1, 0.15) is 28.4 Å². The van der Waals surface area contributed by atoms with E-state index in [4.69, 9.17) is 0 Å². The molecule has 0 aliphatic heterocycles. The first-order valence-corrected chi connectivity index (χ1v) is 6.43. The molecule has 0 fully saturated rings. The monoisotopic (exact) mass is 268 g/mol. The van der Waals surface area contributed by atoms with Crippen LogP contribution in [0.5, 0.6) is 11.5 Å². The summed E-state index contributed by atoms with van der Waals surface area (Å²) < 4.78 is 0. The molecule has 0 unspecified atom stereocenters. The number of phenols is 2. The second kappa shape index (κ2) is 6.06. The molecule has 20 heavy (non-hydrogen) atoms. The van der Waals surface area contributed by atoms with Gasteiger partial charge in [-0.3, -0.25) is 4.79 Å². The normalized spacial score (nSPS) is 10.8. The van der Waals surface area contributed by atoms with Gasteiger partial charge in [0.15, 0.2) is 5.78 Å². The van der Waals surface area contributed by atoms with Crippen LogP contribution in [-0.2, 0) is 6.42 Å². The molecule has 0 aliphatic rings. The summed E-state index contributed by atoms with van der Waals surface area (Å²) in [6.45, 7) is 2.09. The van der Waals surface area contributed by atoms with Crippen LogP contribution in [-0.4, -0.2) is 16.0 Å². The number of aryl methyl sites for hydroxylation is 1. The maximum absolute atomic E-state index is 11.9. The van der Waals surface area contributed by atoms with Crippen molar-refractivity contribution in [2.24, 2.45) is 0 Å². The number of aromatic hydroxyl groups is 2. The van der Waals surface area contributed by atoms with Crippen LogP contribution in [0.25, 0.3) is 6.08 Å². The van der Waals surface area contributed by atoms with E-state index in [1.807, 2.05) is 24.3 Å². The fourth-order valence-corrected chi connectivity index (χ4v) is 1.85. The molecule has 2 aromatic carbocycles. The van der Waals surface area contributed by atoms with Crippen molar-refractivity contribution in [3.05, 3.63) is 65.2 Å². The molecule has 0 saturated heterocycles. The van der Waals surface area contributed by atoms with Crippen molar-refractivity contribution in [2.75, 3.05) is 0 Å². The largest absolute Gasteiger partial charge is 0.508 e. The van der Waals surface area contributed by atoms with Gasteiger partial charge in [0.05, 0.1) is 5.56 Å². The van der Waals surface area contributed by atoms with Crippen LogP contribution in [0.2, 0.25) is 0 Å². The molecular weight excluding hydrogens is 252 g/mol. The van der Waals surface area contributed by atoms with Crippen molar-refractivity contribution in [1.29, 1.82) is 0 Å². The molecule has 0 spiro atoms. The molecule has 0 bridgehead atoms. The molecule has 0 amide bonds. The molecule has 0 saturated carbocycles. The van der Waals surface area contributed by atoms with Gasteiger partial charge in [-0.15, -0.1) is 0 Å². The number of benzene rings is 2. The minimum atomic E-state index is -0.304. The maximum Gasteiger partial charge on any atom is 0.189 e. The van der Waals surface area contributed by atoms with Gasteiger partial charge in [-0.2, -0.15) is 0 Å². The average Bonchev–Trinajstić information content (AvgIpc) is 2.45. The standard InChI is InChI=1S/C17H16O3/c1-2-12-3-5-13(6-4-12)7-10-16(19)15-9-8-14(18)11-17(15)20/h3-11,18,20H,2H2,1H3/b10-7+. The number of allylic oxidation sites excluding steroid dienone is 1. The average molecular weight is 268 g/mol. The van der Waals surface area contributed by atoms with Crippen LogP contribution in [0.4, 0.5) is 0 Å². The second-order valence-electron chi connectivity index (χ2n) is 4.49. The third kappa shape index (κ3) is 3.26. The van der Waals surface area contributed by atoms with E-state index in [9.17, 15) is 15.0 Å². The minimum absolute atomic E-state index is 0.0711. The topological polar surface area (TPSA) is 57.5 Å². The number of carbonyl (C=O) groups excluding carboxylic acids is 1. The molecule has 0 aromatic heterocycles. The van der Waals surface area contributed by atoms with E-state index in [0.29, 0.717) is 0 Å². The molecule has 0 atom stereocenters. The Morgan fingerprint density at radius 1 is 1.10 bits per heavy atom. The molecule has 2 aromatic rings. The molecule has 0 heterocycles. The lowest BCUT2D eigenvalue weighted by Gasteiger charge is -2.01. The van der Waals surface area contributed by atoms with Gasteiger partial charge < -0.3 is 10.2 Å². The van der Waals surface area contributed by atoms with E-state index >= 15 is 0 Å². The third-order valence-corrected chi connectivity index (χ3v) is 3.06. The first kappa shape index (κ1) is 13.9. The van der Waals surface area contributed by atoms with E-state index in [1.54, 1.807) is 6.08 Å². The van der Waals surface area contributed by atoms with Gasteiger partial charge in [0.1, 0.15) is 11.5 Å². The highest BCUT2D eigenvalue weighted by Crippen LogP contribution is 2.23. The molecule has 0 aliphatic carbocycles. The Hall–Kier alpha value is -2.55. The Labute approximate surface area is 117 Å². The lowest BCUT2D eigenvalue weighted by molar-refractivity contribution is 0.104. The second-order valence-corrected chi connectivity index (χ2v) is 4.49. The van der Waals surface area contributed by atoms with Gasteiger partial charge >= 0.3 is 0 Å². The van der Waals surface area contributed by atoms with E-state index in [2.05, 4.69) is 6.92 Å². The van der Waals surface area contributed by atoms with Gasteiger partial charge in [-0.25, -0.2) is 0 Å². The van der Waals surface area contributed by atoms with Crippen molar-refractivity contribution in [1.82, 2.24) is 0 Å². The molecule has 3 nitrogen and oxygen atoms in total. The van der Waals surface area contributed by atoms with Crippen LogP contribution in [0, 0.1) is 0 Å². The van der Waals surface area contributed by atoms with E-state index in [1.165, 1.54) is 23.8 Å². The first-order valence-electron chi connectivity index (χ1n) is 6.43. The zero-order valence-corrected chi connectivity index (χ0v) is 11.2. The molecule has 2 rings (SSSR count). The fraction of sp³-hybridized carbons (Fsp3) is 0.118. The summed E-state index contributed by atoms with van der Waals surface area (Å²) in [4.78, 5) is 11.9. The predicted octanol–water partition coefficient (Wildman–Crippen LogP) is 3.56. The Kier molecular flexibility index (Phi) is 4.20. The number of ketones is 1. The summed E-state index contributed by atoms with van der Waals surface area (Å²) in [5, 5.41) is 18.8. The smallest absolute Gasteiger partial charge is 0.189 e. The van der Waals surface area contributed by atoms with Gasteiger partial charge in [0.2, 0.25) is 0 Å². The number of carbonyl (C=O) groups is 1. The van der Waals surface area contributed by atoms with Crippen molar-refractivity contribution >= 4 is 11.9 Å². The highest BCUT2D eigenvalue weighted by atomic mass is 16.3. The van der Waals surface area contributed by atoms with Crippen LogP contribution in [0.15, 0.2) is 48.5 Å². The summed E-state index contributed by atoms with van der Waals surface area (Å²) in [7, 11) is 0. The summed E-state index contributed by atoms with van der Waals surface area (Å²) in [6.07, 6.45) is 4.09. The Morgan fingerprint density at radius 2 is 1.80 bits per heavy atom. The summed E-state index contributed by atoms with van der Waals surface area (Å²) >= 11 is 0. The van der Waals surface area contributed by atoms with E-state index in [-0.39, 0.29) is 22.8 Å². The summed E-state index contributed by atoms with van der Waals surface area (Å²) in [6, 6.07) is 11.8. The zero-order valence-electron chi connectivity index (χ0n) is 11.2. The zero-order chi connectivity index (χ0) is 14.5. The Balaban J connectivity index is 2.15. The van der Waals surface area contributed by atoms with E-state index in [0.717, 1.165) is 18.1 Å². The SMILES string of the molecule is CCc1ccc(/C=C/C(=O)c2ccc(O)cc2O)cc1. The van der Waals surface area contributed by atoms with Gasteiger partial charge in [0.25, 0.3) is 0 Å². The summed E-state index contributed by atoms with van der Waals surface area (Å²) in [5.74, 6) is -0.596. The maximum atomic E-state index is 11.9. The molecule has 0 radical (unpaired) electrons. The van der Waals surface area contributed by atoms with Gasteiger partial charge in [-0.1, -0.05) is 37.3 Å². The number of hydrogen-bond acceptors (Lipinski definition) is 3. The highest BCUT2D eigenvalue weighted by Gasteiger charge is 2.08. The lowest BCUT2D eigenvalue weighted by Crippen LogP contribution is -1.94. The Bertz CT molecular complexity index is 640. The van der Waals surface area contributed by atoms with Gasteiger partial charge in [-0.05, 0) is 35.8 Å².